The van der Waals surface area contributed by atoms with Crippen LogP contribution in [0, 0.1) is 23.2 Å². The molecule has 2 saturated heterocycles. The summed E-state index contributed by atoms with van der Waals surface area (Å²) in [6, 6.07) is 8.86. The Hall–Kier alpha value is -1.90. The van der Waals surface area contributed by atoms with Crippen LogP contribution in [0.15, 0.2) is 24.3 Å². The monoisotopic (exact) mass is 327 g/mol. The largest absolute Gasteiger partial charge is 0.396 e. The second-order valence-corrected chi connectivity index (χ2v) is 6.96. The van der Waals surface area contributed by atoms with Crippen LogP contribution < -0.4 is 0 Å². The van der Waals surface area contributed by atoms with Gasteiger partial charge in [0, 0.05) is 37.7 Å². The highest BCUT2D eigenvalue weighted by molar-refractivity contribution is 5.94. The number of nitriles is 1. The van der Waals surface area contributed by atoms with Gasteiger partial charge in [0.15, 0.2) is 0 Å². The Morgan fingerprint density at radius 2 is 1.79 bits per heavy atom. The van der Waals surface area contributed by atoms with Crippen molar-refractivity contribution in [1.82, 2.24) is 9.80 Å². The van der Waals surface area contributed by atoms with E-state index in [-0.39, 0.29) is 18.4 Å². The minimum absolute atomic E-state index is 0.000848. The van der Waals surface area contributed by atoms with Crippen LogP contribution in [0.1, 0.15) is 35.2 Å². The van der Waals surface area contributed by atoms with Gasteiger partial charge in [-0.25, -0.2) is 0 Å². The number of piperidine rings is 1. The van der Waals surface area contributed by atoms with Crippen molar-refractivity contribution in [2.45, 2.75) is 19.3 Å². The third kappa shape index (κ3) is 3.77. The molecule has 0 aliphatic carbocycles. The van der Waals surface area contributed by atoms with Gasteiger partial charge in [0.25, 0.3) is 5.91 Å². The van der Waals surface area contributed by atoms with Gasteiger partial charge in [-0.05, 0) is 56.1 Å². The minimum Gasteiger partial charge on any atom is -0.396 e. The van der Waals surface area contributed by atoms with Crippen LogP contribution in [-0.2, 0) is 0 Å². The quantitative estimate of drug-likeness (QED) is 0.914. The summed E-state index contributed by atoms with van der Waals surface area (Å²) in [7, 11) is 0. The molecule has 2 aliphatic heterocycles. The topological polar surface area (TPSA) is 67.6 Å². The van der Waals surface area contributed by atoms with E-state index in [1.165, 1.54) is 19.3 Å². The lowest BCUT2D eigenvalue weighted by atomic mass is 9.95. The highest BCUT2D eigenvalue weighted by atomic mass is 16.3. The highest BCUT2D eigenvalue weighted by Gasteiger charge is 2.36. The van der Waals surface area contributed by atoms with E-state index in [2.05, 4.69) is 11.0 Å². The van der Waals surface area contributed by atoms with Gasteiger partial charge in [-0.3, -0.25) is 4.79 Å². The van der Waals surface area contributed by atoms with Crippen LogP contribution in [0.3, 0.4) is 0 Å². The van der Waals surface area contributed by atoms with Crippen LogP contribution in [0.25, 0.3) is 0 Å². The lowest BCUT2D eigenvalue weighted by Gasteiger charge is -2.30. The molecule has 0 bridgehead atoms. The molecule has 1 amide bonds. The van der Waals surface area contributed by atoms with Crippen molar-refractivity contribution >= 4 is 5.91 Å². The molecule has 0 saturated carbocycles. The first-order valence-electron chi connectivity index (χ1n) is 8.84. The third-order valence-corrected chi connectivity index (χ3v) is 5.30. The normalized spacial score (nSPS) is 24.8. The van der Waals surface area contributed by atoms with Gasteiger partial charge in [-0.1, -0.05) is 6.42 Å². The molecule has 0 aromatic heterocycles. The van der Waals surface area contributed by atoms with E-state index < -0.39 is 0 Å². The van der Waals surface area contributed by atoms with E-state index in [0.717, 1.165) is 19.6 Å². The van der Waals surface area contributed by atoms with E-state index in [0.29, 0.717) is 30.1 Å². The van der Waals surface area contributed by atoms with Gasteiger partial charge in [0.05, 0.1) is 11.6 Å². The summed E-state index contributed by atoms with van der Waals surface area (Å²) in [6.45, 7) is 4.71. The molecule has 3 rings (SSSR count). The molecule has 128 valence electrons. The average molecular weight is 327 g/mol. The molecule has 1 aromatic rings. The Balaban J connectivity index is 1.63. The van der Waals surface area contributed by atoms with E-state index in [9.17, 15) is 9.90 Å². The maximum absolute atomic E-state index is 12.7. The molecule has 1 N–H and O–H groups in total. The van der Waals surface area contributed by atoms with Crippen molar-refractivity contribution in [1.29, 1.82) is 5.26 Å². The Morgan fingerprint density at radius 3 is 2.42 bits per heavy atom. The number of aliphatic hydroxyl groups is 1. The predicted molar refractivity (Wildman–Crippen MR) is 91.4 cm³/mol. The molecule has 2 heterocycles. The van der Waals surface area contributed by atoms with E-state index >= 15 is 0 Å². The van der Waals surface area contributed by atoms with E-state index in [4.69, 9.17) is 5.26 Å². The summed E-state index contributed by atoms with van der Waals surface area (Å²) in [4.78, 5) is 17.0. The minimum atomic E-state index is -0.000848. The molecule has 1 aromatic carbocycles. The van der Waals surface area contributed by atoms with Gasteiger partial charge < -0.3 is 14.9 Å². The first kappa shape index (κ1) is 16.9. The zero-order valence-corrected chi connectivity index (χ0v) is 14.0. The lowest BCUT2D eigenvalue weighted by molar-refractivity contribution is 0.0778. The summed E-state index contributed by atoms with van der Waals surface area (Å²) < 4.78 is 0. The molecule has 2 fully saturated rings. The van der Waals surface area contributed by atoms with Gasteiger partial charge in [0.2, 0.25) is 0 Å². The summed E-state index contributed by atoms with van der Waals surface area (Å²) in [5.41, 5.74) is 1.17. The fourth-order valence-electron chi connectivity index (χ4n) is 3.86. The number of nitrogens with zero attached hydrogens (tertiary/aromatic N) is 3. The van der Waals surface area contributed by atoms with Gasteiger partial charge in [0.1, 0.15) is 0 Å². The molecular formula is C19H25N3O2. The van der Waals surface area contributed by atoms with Crippen LogP contribution in [0.5, 0.6) is 0 Å². The number of carbonyl (C=O) groups is 1. The number of likely N-dealkylation sites (tertiary alicyclic amines) is 2. The Morgan fingerprint density at radius 1 is 1.12 bits per heavy atom. The van der Waals surface area contributed by atoms with E-state index in [1.807, 2.05) is 4.90 Å². The molecule has 0 unspecified atom stereocenters. The summed E-state index contributed by atoms with van der Waals surface area (Å²) in [5, 5.41) is 18.6. The highest BCUT2D eigenvalue weighted by Crippen LogP contribution is 2.26. The number of benzene rings is 1. The predicted octanol–water partition coefficient (Wildman–Crippen LogP) is 1.72. The third-order valence-electron chi connectivity index (χ3n) is 5.30. The Bertz CT molecular complexity index is 602. The molecule has 5 heteroatoms. The van der Waals surface area contributed by atoms with Crippen LogP contribution >= 0.6 is 0 Å². The number of hydrogen-bond acceptors (Lipinski definition) is 4. The Kier molecular flexibility index (Phi) is 5.49. The Labute approximate surface area is 143 Å². The summed E-state index contributed by atoms with van der Waals surface area (Å²) in [5.74, 6) is 0.503. The molecule has 2 aliphatic rings. The zero-order chi connectivity index (χ0) is 16.9. The standard InChI is InChI=1S/C19H25N3O2/c20-10-15-4-6-16(7-5-15)19(24)22-12-17(18(13-22)14-23)11-21-8-2-1-3-9-21/h4-7,17-18,23H,1-3,8-9,11-14H2/t17-,18-/m1/s1. The van der Waals surface area contributed by atoms with Crippen LogP contribution in [0.4, 0.5) is 0 Å². The first-order chi connectivity index (χ1) is 11.7. The fourth-order valence-corrected chi connectivity index (χ4v) is 3.86. The average Bonchev–Trinajstić information content (AvgIpc) is 3.05. The van der Waals surface area contributed by atoms with Gasteiger partial charge >= 0.3 is 0 Å². The zero-order valence-electron chi connectivity index (χ0n) is 14.0. The van der Waals surface area contributed by atoms with Crippen molar-refractivity contribution in [3.8, 4) is 6.07 Å². The maximum Gasteiger partial charge on any atom is 0.253 e. The number of rotatable bonds is 4. The first-order valence-corrected chi connectivity index (χ1v) is 8.84. The van der Waals surface area contributed by atoms with Crippen molar-refractivity contribution in [2.24, 2.45) is 11.8 Å². The number of amides is 1. The molecule has 0 spiro atoms. The second-order valence-electron chi connectivity index (χ2n) is 6.96. The van der Waals surface area contributed by atoms with Crippen molar-refractivity contribution in [3.63, 3.8) is 0 Å². The van der Waals surface area contributed by atoms with Crippen molar-refractivity contribution in [3.05, 3.63) is 35.4 Å². The smallest absolute Gasteiger partial charge is 0.253 e. The summed E-state index contributed by atoms with van der Waals surface area (Å²) >= 11 is 0. The van der Waals surface area contributed by atoms with E-state index in [1.54, 1.807) is 24.3 Å². The summed E-state index contributed by atoms with van der Waals surface area (Å²) in [6.07, 6.45) is 3.82. The maximum atomic E-state index is 12.7. The molecule has 5 nitrogen and oxygen atoms in total. The molecular weight excluding hydrogens is 302 g/mol. The molecule has 24 heavy (non-hydrogen) atoms. The van der Waals surface area contributed by atoms with Gasteiger partial charge in [-0.2, -0.15) is 5.26 Å². The van der Waals surface area contributed by atoms with Crippen molar-refractivity contribution in [2.75, 3.05) is 39.3 Å². The number of hydrogen-bond donors (Lipinski definition) is 1. The van der Waals surface area contributed by atoms with Crippen LogP contribution in [-0.4, -0.2) is 60.1 Å². The molecule has 2 atom stereocenters. The SMILES string of the molecule is N#Cc1ccc(C(=O)N2C[C@@H](CN3CCCCC3)[C@@H](CO)C2)cc1. The molecule has 0 radical (unpaired) electrons. The lowest BCUT2D eigenvalue weighted by Crippen LogP contribution is -2.37. The number of carbonyl (C=O) groups excluding carboxylic acids is 1. The van der Waals surface area contributed by atoms with Crippen molar-refractivity contribution < 1.29 is 9.90 Å². The van der Waals surface area contributed by atoms with Crippen LogP contribution in [0.2, 0.25) is 0 Å². The fraction of sp³-hybridized carbons (Fsp3) is 0.579. The second kappa shape index (κ2) is 7.78. The number of aliphatic hydroxyl groups excluding tert-OH is 1. The van der Waals surface area contributed by atoms with Gasteiger partial charge in [-0.15, -0.1) is 0 Å².